The van der Waals surface area contributed by atoms with Crippen molar-refractivity contribution < 1.29 is 9.53 Å². The van der Waals surface area contributed by atoms with Crippen LogP contribution in [0.25, 0.3) is 0 Å². The summed E-state index contributed by atoms with van der Waals surface area (Å²) in [4.78, 5) is 18.7. The minimum Gasteiger partial charge on any atom is -0.379 e. The molecule has 1 unspecified atom stereocenters. The third kappa shape index (κ3) is 4.08. The first kappa shape index (κ1) is 16.8. The first-order valence-electron chi connectivity index (χ1n) is 8.53. The van der Waals surface area contributed by atoms with Crippen LogP contribution in [0.3, 0.4) is 0 Å². The number of hydrogen-bond donors (Lipinski definition) is 0. The quantitative estimate of drug-likeness (QED) is 0.793. The van der Waals surface area contributed by atoms with Gasteiger partial charge < -0.3 is 9.64 Å². The fourth-order valence-electron chi connectivity index (χ4n) is 3.52. The van der Waals surface area contributed by atoms with Crippen molar-refractivity contribution in [2.24, 2.45) is 0 Å². The number of amides is 1. The molecule has 4 nitrogen and oxygen atoms in total. The molecule has 2 fully saturated rings. The number of likely N-dealkylation sites (tertiary alicyclic amines) is 1. The fraction of sp³-hybridized carbons (Fsp3) is 0.611. The number of carbonyl (C=O) groups excluding carboxylic acids is 1. The van der Waals surface area contributed by atoms with Crippen LogP contribution >= 0.6 is 11.8 Å². The third-order valence-electron chi connectivity index (χ3n) is 4.80. The molecule has 1 atom stereocenters. The minimum atomic E-state index is 0.202. The summed E-state index contributed by atoms with van der Waals surface area (Å²) >= 11 is 1.65. The monoisotopic (exact) mass is 334 g/mol. The Balaban J connectivity index is 1.73. The van der Waals surface area contributed by atoms with Gasteiger partial charge in [0.15, 0.2) is 0 Å². The highest BCUT2D eigenvalue weighted by Gasteiger charge is 2.30. The molecule has 126 valence electrons. The van der Waals surface area contributed by atoms with Gasteiger partial charge in [-0.25, -0.2) is 0 Å². The maximum Gasteiger partial charge on any atom is 0.255 e. The molecule has 1 amide bonds. The number of benzene rings is 1. The third-order valence-corrected chi connectivity index (χ3v) is 5.59. The van der Waals surface area contributed by atoms with E-state index >= 15 is 0 Å². The van der Waals surface area contributed by atoms with Crippen LogP contribution in [0.1, 0.15) is 29.6 Å². The second kappa shape index (κ2) is 8.18. The molecule has 2 heterocycles. The molecule has 0 N–H and O–H groups in total. The molecule has 2 aliphatic heterocycles. The molecule has 0 bridgehead atoms. The van der Waals surface area contributed by atoms with E-state index in [1.807, 2.05) is 30.5 Å². The van der Waals surface area contributed by atoms with Gasteiger partial charge in [-0.15, -0.1) is 11.8 Å². The molecule has 0 aromatic heterocycles. The van der Waals surface area contributed by atoms with Crippen molar-refractivity contribution >= 4 is 17.7 Å². The summed E-state index contributed by atoms with van der Waals surface area (Å²) in [6, 6.07) is 8.31. The summed E-state index contributed by atoms with van der Waals surface area (Å²) in [7, 11) is 0. The topological polar surface area (TPSA) is 32.8 Å². The summed E-state index contributed by atoms with van der Waals surface area (Å²) in [5.41, 5.74) is 0.855. The number of piperidine rings is 1. The zero-order chi connectivity index (χ0) is 16.1. The van der Waals surface area contributed by atoms with Crippen molar-refractivity contribution in [1.82, 2.24) is 9.80 Å². The molecule has 0 aliphatic carbocycles. The Morgan fingerprint density at radius 1 is 1.22 bits per heavy atom. The van der Waals surface area contributed by atoms with Crippen LogP contribution in [-0.4, -0.2) is 67.4 Å². The highest BCUT2D eigenvalue weighted by Crippen LogP contribution is 2.25. The Kier molecular flexibility index (Phi) is 5.97. The standard InChI is InChI=1S/C18H26N2O2S/c1-23-17-8-3-2-7-16(17)18(21)20-9-5-4-6-15(20)14-19-10-12-22-13-11-19/h2-3,7-8,15H,4-6,9-14H2,1H3. The summed E-state index contributed by atoms with van der Waals surface area (Å²) in [5.74, 6) is 0.202. The predicted octanol–water partition coefficient (Wildman–Crippen LogP) is 2.74. The van der Waals surface area contributed by atoms with Gasteiger partial charge in [-0.1, -0.05) is 12.1 Å². The SMILES string of the molecule is CSc1ccccc1C(=O)N1CCCCC1CN1CCOCC1. The van der Waals surface area contributed by atoms with Gasteiger partial charge in [-0.05, 0) is 37.7 Å². The molecule has 23 heavy (non-hydrogen) atoms. The lowest BCUT2D eigenvalue weighted by Crippen LogP contribution is -2.51. The first-order chi connectivity index (χ1) is 11.3. The largest absolute Gasteiger partial charge is 0.379 e. The van der Waals surface area contributed by atoms with Gasteiger partial charge in [0.1, 0.15) is 0 Å². The van der Waals surface area contributed by atoms with Crippen LogP contribution < -0.4 is 0 Å². The van der Waals surface area contributed by atoms with E-state index in [0.29, 0.717) is 6.04 Å². The van der Waals surface area contributed by atoms with E-state index in [-0.39, 0.29) is 5.91 Å². The van der Waals surface area contributed by atoms with E-state index in [9.17, 15) is 4.79 Å². The Labute approximate surface area is 143 Å². The normalized spacial score (nSPS) is 23.0. The lowest BCUT2D eigenvalue weighted by atomic mass is 10.00. The van der Waals surface area contributed by atoms with E-state index in [1.165, 1.54) is 6.42 Å². The van der Waals surface area contributed by atoms with Crippen LogP contribution in [0, 0.1) is 0 Å². The zero-order valence-corrected chi connectivity index (χ0v) is 14.7. The predicted molar refractivity (Wildman–Crippen MR) is 94.2 cm³/mol. The summed E-state index contributed by atoms with van der Waals surface area (Å²) in [6.45, 7) is 5.47. The fourth-order valence-corrected chi connectivity index (χ4v) is 4.11. The van der Waals surface area contributed by atoms with Crippen LogP contribution in [0.5, 0.6) is 0 Å². The van der Waals surface area contributed by atoms with Gasteiger partial charge in [-0.3, -0.25) is 9.69 Å². The van der Waals surface area contributed by atoms with Crippen molar-refractivity contribution in [2.75, 3.05) is 45.6 Å². The molecule has 1 aromatic carbocycles. The molecular formula is C18H26N2O2S. The lowest BCUT2D eigenvalue weighted by Gasteiger charge is -2.40. The molecule has 2 aliphatic rings. The van der Waals surface area contributed by atoms with E-state index in [4.69, 9.17) is 4.74 Å². The number of morpholine rings is 1. The highest BCUT2D eigenvalue weighted by atomic mass is 32.2. The summed E-state index contributed by atoms with van der Waals surface area (Å²) in [5, 5.41) is 0. The minimum absolute atomic E-state index is 0.202. The molecule has 0 radical (unpaired) electrons. The summed E-state index contributed by atoms with van der Waals surface area (Å²) in [6.07, 6.45) is 5.49. The second-order valence-corrected chi connectivity index (χ2v) is 7.11. The van der Waals surface area contributed by atoms with Crippen molar-refractivity contribution in [3.8, 4) is 0 Å². The van der Waals surface area contributed by atoms with E-state index in [1.54, 1.807) is 11.8 Å². The molecule has 1 aromatic rings. The van der Waals surface area contributed by atoms with Crippen LogP contribution in [-0.2, 0) is 4.74 Å². The lowest BCUT2D eigenvalue weighted by molar-refractivity contribution is 0.0165. The maximum atomic E-state index is 13.1. The maximum absolute atomic E-state index is 13.1. The molecule has 0 spiro atoms. The van der Waals surface area contributed by atoms with Gasteiger partial charge in [0.25, 0.3) is 5.91 Å². The molecule has 0 saturated carbocycles. The van der Waals surface area contributed by atoms with Gasteiger partial charge in [0, 0.05) is 37.1 Å². The number of hydrogen-bond acceptors (Lipinski definition) is 4. The average Bonchev–Trinajstić information content (AvgIpc) is 2.62. The Morgan fingerprint density at radius 3 is 2.78 bits per heavy atom. The van der Waals surface area contributed by atoms with Gasteiger partial charge in [0.05, 0.1) is 18.8 Å². The van der Waals surface area contributed by atoms with Crippen molar-refractivity contribution in [3.63, 3.8) is 0 Å². The number of thioether (sulfide) groups is 1. The molecule has 2 saturated heterocycles. The van der Waals surface area contributed by atoms with Crippen molar-refractivity contribution in [2.45, 2.75) is 30.2 Å². The van der Waals surface area contributed by atoms with Crippen molar-refractivity contribution in [3.05, 3.63) is 29.8 Å². The molecule has 5 heteroatoms. The van der Waals surface area contributed by atoms with E-state index in [0.717, 1.165) is 62.7 Å². The number of ether oxygens (including phenoxy) is 1. The zero-order valence-electron chi connectivity index (χ0n) is 13.9. The van der Waals surface area contributed by atoms with Gasteiger partial charge >= 0.3 is 0 Å². The Bertz CT molecular complexity index is 532. The first-order valence-corrected chi connectivity index (χ1v) is 9.76. The van der Waals surface area contributed by atoms with Crippen LogP contribution in [0.15, 0.2) is 29.2 Å². The Morgan fingerprint density at radius 2 is 2.00 bits per heavy atom. The van der Waals surface area contributed by atoms with E-state index < -0.39 is 0 Å². The second-order valence-electron chi connectivity index (χ2n) is 6.26. The van der Waals surface area contributed by atoms with E-state index in [2.05, 4.69) is 9.80 Å². The molecular weight excluding hydrogens is 308 g/mol. The Hall–Kier alpha value is -1.04. The smallest absolute Gasteiger partial charge is 0.255 e. The van der Waals surface area contributed by atoms with Gasteiger partial charge in [0.2, 0.25) is 0 Å². The van der Waals surface area contributed by atoms with Gasteiger partial charge in [-0.2, -0.15) is 0 Å². The summed E-state index contributed by atoms with van der Waals surface area (Å²) < 4.78 is 5.44. The molecule has 3 rings (SSSR count). The van der Waals surface area contributed by atoms with Crippen molar-refractivity contribution in [1.29, 1.82) is 0 Å². The van der Waals surface area contributed by atoms with Crippen LogP contribution in [0.4, 0.5) is 0 Å². The number of carbonyl (C=O) groups is 1. The number of rotatable bonds is 4. The average molecular weight is 334 g/mol. The van der Waals surface area contributed by atoms with Crippen LogP contribution in [0.2, 0.25) is 0 Å². The number of nitrogens with zero attached hydrogens (tertiary/aromatic N) is 2. The highest BCUT2D eigenvalue weighted by molar-refractivity contribution is 7.98.